The fourth-order valence-corrected chi connectivity index (χ4v) is 2.99. The average molecular weight is 228 g/mol. The van der Waals surface area contributed by atoms with Crippen LogP contribution in [0, 0.1) is 5.92 Å². The third-order valence-corrected chi connectivity index (χ3v) is 3.74. The van der Waals surface area contributed by atoms with Gasteiger partial charge >= 0.3 is 17.8 Å². The number of carbonyl (C=O) groups excluding carboxylic acids is 3. The molecule has 15 heavy (non-hydrogen) atoms. The van der Waals surface area contributed by atoms with E-state index in [0.717, 1.165) is 29.2 Å². The molecule has 0 atom stereocenters. The Labute approximate surface area is 91.6 Å². The molecule has 2 fully saturated rings. The number of urea groups is 1. The molecule has 4 amide bonds. The molecule has 0 radical (unpaired) electrons. The van der Waals surface area contributed by atoms with Crippen molar-refractivity contribution in [2.45, 2.75) is 12.8 Å². The second kappa shape index (κ2) is 4.22. The van der Waals surface area contributed by atoms with Crippen molar-refractivity contribution in [3.05, 3.63) is 0 Å². The first-order valence-corrected chi connectivity index (χ1v) is 6.08. The summed E-state index contributed by atoms with van der Waals surface area (Å²) in [7, 11) is 0. The Morgan fingerprint density at radius 1 is 1.27 bits per heavy atom. The monoisotopic (exact) mass is 228 g/mol. The van der Waals surface area contributed by atoms with Gasteiger partial charge < -0.3 is 0 Å². The minimum absolute atomic E-state index is 0.354. The van der Waals surface area contributed by atoms with Crippen molar-refractivity contribution in [1.29, 1.82) is 0 Å². The lowest BCUT2D eigenvalue weighted by molar-refractivity contribution is -0.140. The number of carbonyl (C=O) groups is 3. The Kier molecular flexibility index (Phi) is 2.95. The van der Waals surface area contributed by atoms with Crippen molar-refractivity contribution in [2.24, 2.45) is 5.92 Å². The standard InChI is InChI=1S/C9H12N2O3S/c12-7-8(13)11(9(14)10-7)5-6-1-3-15-4-2-6/h6H,1-5H2,(H,10,12,14). The van der Waals surface area contributed by atoms with Gasteiger partial charge in [0.05, 0.1) is 0 Å². The predicted octanol–water partition coefficient (Wildman–Crippen LogP) is 0.208. The molecule has 2 rings (SSSR count). The fourth-order valence-electron chi connectivity index (χ4n) is 1.79. The molecule has 0 unspecified atom stereocenters. The van der Waals surface area contributed by atoms with Crippen LogP contribution >= 0.6 is 11.8 Å². The van der Waals surface area contributed by atoms with Crippen LogP contribution in [0.15, 0.2) is 0 Å². The first kappa shape index (κ1) is 10.5. The van der Waals surface area contributed by atoms with Gasteiger partial charge in [-0.05, 0) is 30.3 Å². The quantitative estimate of drug-likeness (QED) is 0.542. The molecule has 0 bridgehead atoms. The molecule has 1 N–H and O–H groups in total. The molecule has 0 saturated carbocycles. The summed E-state index contributed by atoms with van der Waals surface area (Å²) >= 11 is 1.89. The van der Waals surface area contributed by atoms with E-state index in [1.165, 1.54) is 0 Å². The zero-order valence-electron chi connectivity index (χ0n) is 8.19. The summed E-state index contributed by atoms with van der Waals surface area (Å²) in [5.41, 5.74) is 0. The Morgan fingerprint density at radius 3 is 2.47 bits per heavy atom. The number of nitrogens with one attached hydrogen (secondary N) is 1. The van der Waals surface area contributed by atoms with Gasteiger partial charge in [0.1, 0.15) is 0 Å². The van der Waals surface area contributed by atoms with Crippen LogP contribution < -0.4 is 5.32 Å². The van der Waals surface area contributed by atoms with E-state index < -0.39 is 17.8 Å². The lowest BCUT2D eigenvalue weighted by atomic mass is 10.0. The highest BCUT2D eigenvalue weighted by molar-refractivity contribution is 7.99. The molecular weight excluding hydrogens is 216 g/mol. The third-order valence-electron chi connectivity index (χ3n) is 2.69. The molecule has 5 nitrogen and oxygen atoms in total. The summed E-state index contributed by atoms with van der Waals surface area (Å²) in [4.78, 5) is 34.5. The number of rotatable bonds is 2. The highest BCUT2D eigenvalue weighted by Gasteiger charge is 2.37. The van der Waals surface area contributed by atoms with E-state index in [-0.39, 0.29) is 0 Å². The van der Waals surface area contributed by atoms with Crippen molar-refractivity contribution in [2.75, 3.05) is 18.1 Å². The van der Waals surface area contributed by atoms with Gasteiger partial charge in [0.15, 0.2) is 0 Å². The molecule has 0 aromatic carbocycles. The van der Waals surface area contributed by atoms with Crippen molar-refractivity contribution >= 4 is 29.6 Å². The summed E-state index contributed by atoms with van der Waals surface area (Å²) in [5, 5.41) is 2.00. The van der Waals surface area contributed by atoms with Crippen molar-refractivity contribution in [3.63, 3.8) is 0 Å². The molecule has 0 aromatic heterocycles. The van der Waals surface area contributed by atoms with Gasteiger partial charge in [-0.15, -0.1) is 0 Å². The highest BCUT2D eigenvalue weighted by Crippen LogP contribution is 2.24. The maximum absolute atomic E-state index is 11.3. The zero-order valence-corrected chi connectivity index (χ0v) is 9.01. The number of nitrogens with zero attached hydrogens (tertiary/aromatic N) is 1. The van der Waals surface area contributed by atoms with E-state index in [4.69, 9.17) is 0 Å². The lowest BCUT2D eigenvalue weighted by Gasteiger charge is -2.24. The molecular formula is C9H12N2O3S. The van der Waals surface area contributed by atoms with Crippen LogP contribution in [0.4, 0.5) is 4.79 Å². The Morgan fingerprint density at radius 2 is 1.93 bits per heavy atom. The van der Waals surface area contributed by atoms with Gasteiger partial charge in [0, 0.05) is 6.54 Å². The summed E-state index contributed by atoms with van der Waals surface area (Å²) in [6, 6.07) is -0.566. The molecule has 2 heterocycles. The van der Waals surface area contributed by atoms with E-state index in [9.17, 15) is 14.4 Å². The summed E-state index contributed by atoms with van der Waals surface area (Å²) in [6.07, 6.45) is 2.02. The van der Waals surface area contributed by atoms with Crippen molar-refractivity contribution in [1.82, 2.24) is 10.2 Å². The minimum Gasteiger partial charge on any atom is -0.269 e. The van der Waals surface area contributed by atoms with Gasteiger partial charge in [-0.2, -0.15) is 11.8 Å². The highest BCUT2D eigenvalue weighted by atomic mass is 32.2. The van der Waals surface area contributed by atoms with E-state index in [0.29, 0.717) is 12.5 Å². The van der Waals surface area contributed by atoms with Gasteiger partial charge in [0.25, 0.3) is 0 Å². The Bertz CT molecular complexity index is 312. The number of hydrogen-bond donors (Lipinski definition) is 1. The second-order valence-electron chi connectivity index (χ2n) is 3.73. The van der Waals surface area contributed by atoms with Crippen molar-refractivity contribution in [3.8, 4) is 0 Å². The van der Waals surface area contributed by atoms with E-state index >= 15 is 0 Å². The maximum Gasteiger partial charge on any atom is 0.331 e. The van der Waals surface area contributed by atoms with Gasteiger partial charge in [-0.3, -0.25) is 19.8 Å². The SMILES string of the molecule is O=C1NC(=O)N(CC2CCSCC2)C1=O. The number of amides is 4. The molecule has 0 aliphatic carbocycles. The third kappa shape index (κ3) is 2.14. The molecule has 0 aromatic rings. The molecule has 2 aliphatic rings. The van der Waals surface area contributed by atoms with Crippen LogP contribution in [-0.2, 0) is 9.59 Å². The number of thioether (sulfide) groups is 1. The van der Waals surface area contributed by atoms with Crippen LogP contribution in [0.25, 0.3) is 0 Å². The first-order valence-electron chi connectivity index (χ1n) is 4.93. The molecule has 2 saturated heterocycles. The minimum atomic E-state index is -0.801. The second-order valence-corrected chi connectivity index (χ2v) is 4.96. The van der Waals surface area contributed by atoms with Crippen LogP contribution in [-0.4, -0.2) is 40.8 Å². The fraction of sp³-hybridized carbons (Fsp3) is 0.667. The van der Waals surface area contributed by atoms with Gasteiger partial charge in [-0.1, -0.05) is 0 Å². The molecule has 6 heteroatoms. The average Bonchev–Trinajstić information content (AvgIpc) is 2.47. The van der Waals surface area contributed by atoms with E-state index in [2.05, 4.69) is 0 Å². The maximum atomic E-state index is 11.3. The van der Waals surface area contributed by atoms with Crippen LogP contribution in [0.2, 0.25) is 0 Å². The number of hydrogen-bond acceptors (Lipinski definition) is 4. The predicted molar refractivity (Wildman–Crippen MR) is 55.3 cm³/mol. The summed E-state index contributed by atoms with van der Waals surface area (Å²) in [5.74, 6) is 0.986. The molecule has 0 spiro atoms. The van der Waals surface area contributed by atoms with E-state index in [1.54, 1.807) is 0 Å². The Balaban J connectivity index is 1.95. The topological polar surface area (TPSA) is 66.5 Å². The van der Waals surface area contributed by atoms with Crippen molar-refractivity contribution < 1.29 is 14.4 Å². The zero-order chi connectivity index (χ0) is 10.8. The largest absolute Gasteiger partial charge is 0.331 e. The smallest absolute Gasteiger partial charge is 0.269 e. The summed E-state index contributed by atoms with van der Waals surface area (Å²) in [6.45, 7) is 0.386. The van der Waals surface area contributed by atoms with Gasteiger partial charge in [-0.25, -0.2) is 4.79 Å². The lowest BCUT2D eigenvalue weighted by Crippen LogP contribution is -2.36. The van der Waals surface area contributed by atoms with Crippen LogP contribution in [0.1, 0.15) is 12.8 Å². The van der Waals surface area contributed by atoms with Gasteiger partial charge in [0.2, 0.25) is 0 Å². The van der Waals surface area contributed by atoms with Crippen LogP contribution in [0.5, 0.6) is 0 Å². The first-order chi connectivity index (χ1) is 7.18. The van der Waals surface area contributed by atoms with Crippen LogP contribution in [0.3, 0.4) is 0 Å². The van der Waals surface area contributed by atoms with E-state index in [1.807, 2.05) is 17.1 Å². The number of imide groups is 2. The summed E-state index contributed by atoms with van der Waals surface area (Å²) < 4.78 is 0. The normalized spacial score (nSPS) is 23.5. The Hall–Kier alpha value is -1.04. The molecule has 82 valence electrons. The molecule has 2 aliphatic heterocycles.